The molecule has 0 spiro atoms. The number of para-hydroxylation sites is 1. The maximum absolute atomic E-state index is 11.4. The molecule has 0 fully saturated rings. The van der Waals surface area contributed by atoms with Crippen molar-refractivity contribution in [3.05, 3.63) is 36.0 Å². The molecule has 1 amide bonds. The number of pyridine rings is 1. The van der Waals surface area contributed by atoms with Crippen molar-refractivity contribution in [1.29, 1.82) is 0 Å². The summed E-state index contributed by atoms with van der Waals surface area (Å²) in [5.41, 5.74) is 6.52. The molecule has 4 N–H and O–H groups in total. The number of primary amides is 1. The molecular formula is C13H13N3O3. The van der Waals surface area contributed by atoms with E-state index in [0.717, 1.165) is 0 Å². The summed E-state index contributed by atoms with van der Waals surface area (Å²) in [5, 5.41) is 12.4. The predicted octanol–water partition coefficient (Wildman–Crippen LogP) is 1.22. The van der Waals surface area contributed by atoms with E-state index in [4.69, 9.17) is 10.8 Å². The Morgan fingerprint density at radius 2 is 2.05 bits per heavy atom. The number of carbonyl (C=O) groups is 2. The number of carbonyl (C=O) groups excluding carboxylic acids is 1. The third-order valence-electron chi connectivity index (χ3n) is 2.77. The highest BCUT2D eigenvalue weighted by Crippen LogP contribution is 2.26. The van der Waals surface area contributed by atoms with E-state index in [-0.39, 0.29) is 5.56 Å². The van der Waals surface area contributed by atoms with Crippen molar-refractivity contribution in [3.8, 4) is 0 Å². The number of carboxylic acid groups (broad SMARTS) is 1. The summed E-state index contributed by atoms with van der Waals surface area (Å²) in [7, 11) is 0. The van der Waals surface area contributed by atoms with Crippen LogP contribution in [-0.4, -0.2) is 28.0 Å². The number of amides is 1. The average Bonchev–Trinajstić information content (AvgIpc) is 2.38. The van der Waals surface area contributed by atoms with Gasteiger partial charge in [0.05, 0.1) is 16.8 Å². The van der Waals surface area contributed by atoms with Gasteiger partial charge < -0.3 is 16.2 Å². The van der Waals surface area contributed by atoms with Crippen LogP contribution in [0.3, 0.4) is 0 Å². The minimum atomic E-state index is -1.02. The maximum Gasteiger partial charge on any atom is 0.325 e. The van der Waals surface area contributed by atoms with Gasteiger partial charge in [0, 0.05) is 11.6 Å². The van der Waals surface area contributed by atoms with Crippen molar-refractivity contribution >= 4 is 28.5 Å². The molecule has 1 atom stereocenters. The Balaban J connectivity index is 2.62. The number of benzene rings is 1. The Kier molecular flexibility index (Phi) is 3.33. The third kappa shape index (κ3) is 2.47. The topological polar surface area (TPSA) is 105 Å². The molecule has 6 nitrogen and oxygen atoms in total. The Labute approximate surface area is 109 Å². The lowest BCUT2D eigenvalue weighted by atomic mass is 10.1. The summed E-state index contributed by atoms with van der Waals surface area (Å²) >= 11 is 0. The van der Waals surface area contributed by atoms with E-state index in [1.54, 1.807) is 18.2 Å². The van der Waals surface area contributed by atoms with Crippen LogP contribution in [0.4, 0.5) is 5.69 Å². The van der Waals surface area contributed by atoms with Gasteiger partial charge in [0.25, 0.3) is 5.91 Å². The number of anilines is 1. The van der Waals surface area contributed by atoms with E-state index >= 15 is 0 Å². The molecule has 98 valence electrons. The number of hydrogen-bond acceptors (Lipinski definition) is 4. The molecule has 0 aliphatic heterocycles. The molecule has 0 aliphatic carbocycles. The Morgan fingerprint density at radius 3 is 2.68 bits per heavy atom. The minimum Gasteiger partial charge on any atom is -0.480 e. The van der Waals surface area contributed by atoms with Gasteiger partial charge in [-0.3, -0.25) is 14.6 Å². The molecule has 0 saturated heterocycles. The van der Waals surface area contributed by atoms with Crippen LogP contribution >= 0.6 is 0 Å². The largest absolute Gasteiger partial charge is 0.480 e. The summed E-state index contributed by atoms with van der Waals surface area (Å²) in [6, 6.07) is 6.28. The van der Waals surface area contributed by atoms with Crippen molar-refractivity contribution in [2.24, 2.45) is 5.73 Å². The van der Waals surface area contributed by atoms with Gasteiger partial charge in [-0.25, -0.2) is 0 Å². The molecule has 1 heterocycles. The van der Waals surface area contributed by atoms with Crippen molar-refractivity contribution < 1.29 is 14.7 Å². The highest BCUT2D eigenvalue weighted by molar-refractivity contribution is 6.07. The van der Waals surface area contributed by atoms with Gasteiger partial charge in [-0.1, -0.05) is 18.2 Å². The maximum atomic E-state index is 11.4. The quantitative estimate of drug-likeness (QED) is 0.765. The number of nitrogens with two attached hydrogens (primary N) is 1. The van der Waals surface area contributed by atoms with Gasteiger partial charge in [0.1, 0.15) is 6.04 Å². The fraction of sp³-hybridized carbons (Fsp3) is 0.154. The molecule has 0 radical (unpaired) electrons. The number of fused-ring (bicyclic) bond motifs is 1. The zero-order valence-electron chi connectivity index (χ0n) is 10.3. The summed E-state index contributed by atoms with van der Waals surface area (Å²) in [6.07, 6.45) is 1.35. The monoisotopic (exact) mass is 259 g/mol. The molecule has 1 unspecified atom stereocenters. The van der Waals surface area contributed by atoms with Crippen LogP contribution in [0.2, 0.25) is 0 Å². The molecule has 19 heavy (non-hydrogen) atoms. The number of rotatable bonds is 4. The molecule has 0 bridgehead atoms. The molecule has 1 aromatic carbocycles. The predicted molar refractivity (Wildman–Crippen MR) is 71.0 cm³/mol. The van der Waals surface area contributed by atoms with Gasteiger partial charge in [-0.05, 0) is 13.0 Å². The highest BCUT2D eigenvalue weighted by Gasteiger charge is 2.17. The van der Waals surface area contributed by atoms with Crippen LogP contribution in [0.25, 0.3) is 10.9 Å². The molecule has 0 aliphatic rings. The first-order chi connectivity index (χ1) is 9.00. The zero-order chi connectivity index (χ0) is 14.0. The van der Waals surface area contributed by atoms with Crippen molar-refractivity contribution in [3.63, 3.8) is 0 Å². The van der Waals surface area contributed by atoms with E-state index in [1.165, 1.54) is 13.1 Å². The lowest BCUT2D eigenvalue weighted by Crippen LogP contribution is -2.27. The van der Waals surface area contributed by atoms with Crippen molar-refractivity contribution in [2.75, 3.05) is 5.32 Å². The molecule has 2 aromatic rings. The SMILES string of the molecule is CC(Nc1c(C(N)=O)cnc2ccccc12)C(=O)O. The van der Waals surface area contributed by atoms with Crippen molar-refractivity contribution in [2.45, 2.75) is 13.0 Å². The fourth-order valence-corrected chi connectivity index (χ4v) is 1.76. The van der Waals surface area contributed by atoms with Crippen LogP contribution in [0.5, 0.6) is 0 Å². The second-order valence-electron chi connectivity index (χ2n) is 4.13. The molecular weight excluding hydrogens is 246 g/mol. The number of hydrogen-bond donors (Lipinski definition) is 3. The van der Waals surface area contributed by atoms with Crippen LogP contribution in [0.15, 0.2) is 30.5 Å². The molecule has 0 saturated carbocycles. The van der Waals surface area contributed by atoms with Crippen LogP contribution in [-0.2, 0) is 4.79 Å². The normalized spacial score (nSPS) is 12.1. The van der Waals surface area contributed by atoms with Gasteiger partial charge in [-0.2, -0.15) is 0 Å². The van der Waals surface area contributed by atoms with Gasteiger partial charge in [0.15, 0.2) is 0 Å². The number of nitrogens with zero attached hydrogens (tertiary/aromatic N) is 1. The Morgan fingerprint density at radius 1 is 1.37 bits per heavy atom. The summed E-state index contributed by atoms with van der Waals surface area (Å²) in [5.74, 6) is -1.67. The molecule has 2 rings (SSSR count). The smallest absolute Gasteiger partial charge is 0.325 e. The van der Waals surface area contributed by atoms with Crippen LogP contribution in [0.1, 0.15) is 17.3 Å². The first-order valence-electron chi connectivity index (χ1n) is 5.67. The summed E-state index contributed by atoms with van der Waals surface area (Å²) in [6.45, 7) is 1.49. The number of aromatic nitrogens is 1. The molecule has 1 aromatic heterocycles. The Hall–Kier alpha value is -2.63. The Bertz CT molecular complexity index is 655. The first kappa shape index (κ1) is 12.8. The third-order valence-corrected chi connectivity index (χ3v) is 2.77. The first-order valence-corrected chi connectivity index (χ1v) is 5.67. The fourth-order valence-electron chi connectivity index (χ4n) is 1.76. The molecule has 6 heteroatoms. The van der Waals surface area contributed by atoms with E-state index < -0.39 is 17.9 Å². The van der Waals surface area contributed by atoms with E-state index in [2.05, 4.69) is 10.3 Å². The van der Waals surface area contributed by atoms with Gasteiger partial charge in [-0.15, -0.1) is 0 Å². The van der Waals surface area contributed by atoms with E-state index in [0.29, 0.717) is 16.6 Å². The van der Waals surface area contributed by atoms with Crippen LogP contribution < -0.4 is 11.1 Å². The van der Waals surface area contributed by atoms with E-state index in [9.17, 15) is 9.59 Å². The number of carboxylic acids is 1. The van der Waals surface area contributed by atoms with Gasteiger partial charge >= 0.3 is 5.97 Å². The lowest BCUT2D eigenvalue weighted by molar-refractivity contribution is -0.137. The minimum absolute atomic E-state index is 0.173. The van der Waals surface area contributed by atoms with Gasteiger partial charge in [0.2, 0.25) is 0 Å². The van der Waals surface area contributed by atoms with E-state index in [1.807, 2.05) is 6.07 Å². The summed E-state index contributed by atoms with van der Waals surface area (Å²) < 4.78 is 0. The van der Waals surface area contributed by atoms with Crippen LogP contribution in [0, 0.1) is 0 Å². The number of nitrogens with one attached hydrogen (secondary N) is 1. The second kappa shape index (κ2) is 4.93. The lowest BCUT2D eigenvalue weighted by Gasteiger charge is -2.15. The zero-order valence-corrected chi connectivity index (χ0v) is 10.3. The van der Waals surface area contributed by atoms with Crippen molar-refractivity contribution in [1.82, 2.24) is 4.98 Å². The average molecular weight is 259 g/mol. The highest BCUT2D eigenvalue weighted by atomic mass is 16.4. The standard InChI is InChI=1S/C13H13N3O3/c1-7(13(18)19)16-11-8-4-2-3-5-10(8)15-6-9(11)12(14)17/h2-7H,1H3,(H2,14,17)(H,15,16)(H,18,19). The summed E-state index contributed by atoms with van der Waals surface area (Å²) in [4.78, 5) is 26.5. The second-order valence-corrected chi connectivity index (χ2v) is 4.13. The number of aliphatic carboxylic acids is 1.